The third-order valence-corrected chi connectivity index (χ3v) is 3.41. The van der Waals surface area contributed by atoms with Crippen LogP contribution >= 0.6 is 15.9 Å². The number of aryl methyl sites for hydroxylation is 1. The lowest BCUT2D eigenvalue weighted by molar-refractivity contribution is 0.0950. The number of alkyl halides is 1. The summed E-state index contributed by atoms with van der Waals surface area (Å²) >= 11 is 3.42. The fourth-order valence-electron chi connectivity index (χ4n) is 1.79. The van der Waals surface area contributed by atoms with E-state index in [0.717, 1.165) is 16.6 Å². The van der Waals surface area contributed by atoms with E-state index >= 15 is 0 Å². The summed E-state index contributed by atoms with van der Waals surface area (Å²) in [5.41, 5.74) is 3.78. The van der Waals surface area contributed by atoms with Crippen molar-refractivity contribution in [1.82, 2.24) is 10.3 Å². The molecule has 0 atom stereocenters. The van der Waals surface area contributed by atoms with Crippen LogP contribution in [0.25, 0.3) is 0 Å². The summed E-state index contributed by atoms with van der Waals surface area (Å²) in [5.74, 6) is -0.0743. The molecular weight excluding hydrogens is 304 g/mol. The zero-order valence-corrected chi connectivity index (χ0v) is 12.3. The predicted molar refractivity (Wildman–Crippen MR) is 79.2 cm³/mol. The molecule has 0 aliphatic carbocycles. The highest BCUT2D eigenvalue weighted by molar-refractivity contribution is 9.08. The number of benzene rings is 1. The zero-order chi connectivity index (χ0) is 13.7. The Morgan fingerprint density at radius 2 is 2.05 bits per heavy atom. The van der Waals surface area contributed by atoms with Crippen molar-refractivity contribution in [2.75, 3.05) is 0 Å². The van der Waals surface area contributed by atoms with E-state index in [1.807, 2.05) is 25.1 Å². The molecule has 3 nitrogen and oxygen atoms in total. The Labute approximate surface area is 121 Å². The molecule has 0 radical (unpaired) electrons. The summed E-state index contributed by atoms with van der Waals surface area (Å²) in [6, 6.07) is 11.6. The molecule has 1 aromatic carbocycles. The Morgan fingerprint density at radius 3 is 2.79 bits per heavy atom. The van der Waals surface area contributed by atoms with Gasteiger partial charge in [0, 0.05) is 29.3 Å². The van der Waals surface area contributed by atoms with Gasteiger partial charge in [-0.1, -0.05) is 40.2 Å². The van der Waals surface area contributed by atoms with Crippen LogP contribution in [-0.2, 0) is 11.9 Å². The van der Waals surface area contributed by atoms with Gasteiger partial charge in [0.1, 0.15) is 0 Å². The summed E-state index contributed by atoms with van der Waals surface area (Å²) < 4.78 is 0. The van der Waals surface area contributed by atoms with Crippen LogP contribution in [0.4, 0.5) is 0 Å². The molecule has 2 aromatic rings. The molecule has 1 aromatic heterocycles. The molecule has 0 bridgehead atoms. The van der Waals surface area contributed by atoms with Crippen molar-refractivity contribution in [3.05, 3.63) is 65.0 Å². The lowest BCUT2D eigenvalue weighted by Gasteiger charge is -2.07. The van der Waals surface area contributed by atoms with Gasteiger partial charge in [-0.15, -0.1) is 0 Å². The van der Waals surface area contributed by atoms with Crippen molar-refractivity contribution in [1.29, 1.82) is 0 Å². The molecule has 1 N–H and O–H groups in total. The minimum absolute atomic E-state index is 0.0743. The maximum absolute atomic E-state index is 12.0. The molecule has 19 heavy (non-hydrogen) atoms. The van der Waals surface area contributed by atoms with E-state index in [-0.39, 0.29) is 5.91 Å². The molecule has 0 saturated heterocycles. The molecule has 0 fully saturated rings. The number of aromatic nitrogens is 1. The van der Waals surface area contributed by atoms with Crippen LogP contribution in [0.3, 0.4) is 0 Å². The first-order chi connectivity index (χ1) is 9.19. The van der Waals surface area contributed by atoms with E-state index < -0.39 is 0 Å². The van der Waals surface area contributed by atoms with Gasteiger partial charge in [-0.25, -0.2) is 0 Å². The zero-order valence-electron chi connectivity index (χ0n) is 10.7. The fraction of sp³-hybridized carbons (Fsp3) is 0.200. The van der Waals surface area contributed by atoms with Gasteiger partial charge in [0.15, 0.2) is 0 Å². The van der Waals surface area contributed by atoms with E-state index in [4.69, 9.17) is 0 Å². The second kappa shape index (κ2) is 6.48. The molecule has 0 aliphatic heterocycles. The lowest BCUT2D eigenvalue weighted by Crippen LogP contribution is -2.22. The number of pyridine rings is 1. The number of rotatable bonds is 4. The molecule has 1 heterocycles. The van der Waals surface area contributed by atoms with E-state index in [9.17, 15) is 4.79 Å². The van der Waals surface area contributed by atoms with E-state index in [1.165, 1.54) is 5.56 Å². The average Bonchev–Trinajstić information content (AvgIpc) is 2.45. The minimum atomic E-state index is -0.0743. The second-order valence-corrected chi connectivity index (χ2v) is 4.88. The Bertz CT molecular complexity index is 584. The van der Waals surface area contributed by atoms with Crippen molar-refractivity contribution in [2.45, 2.75) is 18.8 Å². The Hall–Kier alpha value is -1.68. The number of nitrogens with one attached hydrogen (secondary N) is 1. The smallest absolute Gasteiger partial charge is 0.251 e. The number of nitrogens with zero attached hydrogens (tertiary/aromatic N) is 1. The number of halogens is 1. The van der Waals surface area contributed by atoms with Gasteiger partial charge in [-0.05, 0) is 30.2 Å². The molecule has 1 amide bonds. The van der Waals surface area contributed by atoms with Crippen LogP contribution in [0.5, 0.6) is 0 Å². The van der Waals surface area contributed by atoms with Crippen LogP contribution in [0.1, 0.15) is 27.2 Å². The van der Waals surface area contributed by atoms with Crippen molar-refractivity contribution >= 4 is 21.8 Å². The number of amides is 1. The minimum Gasteiger partial charge on any atom is -0.348 e. The van der Waals surface area contributed by atoms with Gasteiger partial charge < -0.3 is 5.32 Å². The van der Waals surface area contributed by atoms with Crippen molar-refractivity contribution in [2.24, 2.45) is 0 Å². The lowest BCUT2D eigenvalue weighted by atomic mass is 10.1. The van der Waals surface area contributed by atoms with Crippen LogP contribution < -0.4 is 5.32 Å². The maximum Gasteiger partial charge on any atom is 0.251 e. The first kappa shape index (κ1) is 13.7. The van der Waals surface area contributed by atoms with Crippen LogP contribution in [-0.4, -0.2) is 10.9 Å². The van der Waals surface area contributed by atoms with E-state index in [1.54, 1.807) is 18.3 Å². The van der Waals surface area contributed by atoms with Crippen LogP contribution in [0.15, 0.2) is 42.6 Å². The Kier molecular flexibility index (Phi) is 4.68. The van der Waals surface area contributed by atoms with Crippen LogP contribution in [0, 0.1) is 6.92 Å². The highest BCUT2D eigenvalue weighted by Crippen LogP contribution is 2.09. The molecule has 0 unspecified atom stereocenters. The molecule has 4 heteroatoms. The van der Waals surface area contributed by atoms with Gasteiger partial charge in [0.2, 0.25) is 0 Å². The third kappa shape index (κ3) is 3.89. The summed E-state index contributed by atoms with van der Waals surface area (Å²) in [5, 5.41) is 3.73. The summed E-state index contributed by atoms with van der Waals surface area (Å²) in [6.45, 7) is 2.40. The largest absolute Gasteiger partial charge is 0.348 e. The molecule has 0 saturated carbocycles. The average molecular weight is 319 g/mol. The number of carbonyl (C=O) groups is 1. The molecule has 98 valence electrons. The van der Waals surface area contributed by atoms with Gasteiger partial charge in [-0.3, -0.25) is 9.78 Å². The van der Waals surface area contributed by atoms with E-state index in [0.29, 0.717) is 12.1 Å². The molecular formula is C15H15BrN2O. The fourth-order valence-corrected chi connectivity index (χ4v) is 2.14. The maximum atomic E-state index is 12.0. The van der Waals surface area contributed by atoms with Crippen molar-refractivity contribution < 1.29 is 4.79 Å². The molecule has 0 spiro atoms. The van der Waals surface area contributed by atoms with Gasteiger partial charge in [-0.2, -0.15) is 0 Å². The van der Waals surface area contributed by atoms with Gasteiger partial charge >= 0.3 is 0 Å². The predicted octanol–water partition coefficient (Wildman–Crippen LogP) is 3.21. The summed E-state index contributed by atoms with van der Waals surface area (Å²) in [7, 11) is 0. The molecule has 2 rings (SSSR count). The standard InChI is InChI=1S/C15H15BrN2O/c1-11-7-14(5-6-17-11)15(19)18-10-13-4-2-3-12(8-13)9-16/h2-8H,9-10H2,1H3,(H,18,19). The molecule has 0 aliphatic rings. The Balaban J connectivity index is 2.00. The highest BCUT2D eigenvalue weighted by atomic mass is 79.9. The Morgan fingerprint density at radius 1 is 1.26 bits per heavy atom. The third-order valence-electron chi connectivity index (χ3n) is 2.76. The monoisotopic (exact) mass is 318 g/mol. The summed E-state index contributed by atoms with van der Waals surface area (Å²) in [4.78, 5) is 16.1. The number of carbonyl (C=O) groups excluding carboxylic acids is 1. The normalized spacial score (nSPS) is 10.2. The number of hydrogen-bond donors (Lipinski definition) is 1. The van der Waals surface area contributed by atoms with Gasteiger partial charge in [0.25, 0.3) is 5.91 Å². The topological polar surface area (TPSA) is 42.0 Å². The van der Waals surface area contributed by atoms with E-state index in [2.05, 4.69) is 32.3 Å². The second-order valence-electron chi connectivity index (χ2n) is 4.32. The summed E-state index contributed by atoms with van der Waals surface area (Å²) in [6.07, 6.45) is 1.65. The van der Waals surface area contributed by atoms with Gasteiger partial charge in [0.05, 0.1) is 0 Å². The van der Waals surface area contributed by atoms with Crippen molar-refractivity contribution in [3.8, 4) is 0 Å². The van der Waals surface area contributed by atoms with Crippen LogP contribution in [0.2, 0.25) is 0 Å². The van der Waals surface area contributed by atoms with Crippen molar-refractivity contribution in [3.63, 3.8) is 0 Å². The quantitative estimate of drug-likeness (QED) is 0.879. The first-order valence-corrected chi connectivity index (χ1v) is 7.16. The number of hydrogen-bond acceptors (Lipinski definition) is 2. The first-order valence-electron chi connectivity index (χ1n) is 6.03. The SMILES string of the molecule is Cc1cc(C(=O)NCc2cccc(CBr)c2)ccn1. The highest BCUT2D eigenvalue weighted by Gasteiger charge is 2.05.